The van der Waals surface area contributed by atoms with Gasteiger partial charge in [0.15, 0.2) is 0 Å². The van der Waals surface area contributed by atoms with Crippen LogP contribution in [-0.4, -0.2) is 22.2 Å². The summed E-state index contributed by atoms with van der Waals surface area (Å²) in [4.78, 5) is 12.1. The fraction of sp³-hybridized carbons (Fsp3) is 0.375. The predicted octanol–water partition coefficient (Wildman–Crippen LogP) is 2.69. The summed E-state index contributed by atoms with van der Waals surface area (Å²) in [5.74, 6) is -0.0267. The maximum atomic E-state index is 12.1. The Morgan fingerprint density at radius 3 is 2.60 bits per heavy atom. The highest BCUT2D eigenvalue weighted by Gasteiger charge is 2.18. The van der Waals surface area contributed by atoms with Gasteiger partial charge in [0.1, 0.15) is 0 Å². The van der Waals surface area contributed by atoms with Gasteiger partial charge in [-0.2, -0.15) is 5.10 Å². The van der Waals surface area contributed by atoms with Crippen molar-refractivity contribution in [1.82, 2.24) is 15.1 Å². The number of nitrogens with zero attached hydrogens (tertiary/aromatic N) is 2. The summed E-state index contributed by atoms with van der Waals surface area (Å²) in [5.41, 5.74) is 3.58. The van der Waals surface area contributed by atoms with E-state index in [1.165, 1.54) is 5.56 Å². The van der Waals surface area contributed by atoms with Crippen molar-refractivity contribution in [2.75, 3.05) is 6.54 Å². The molecule has 1 aromatic heterocycles. The van der Waals surface area contributed by atoms with E-state index in [-0.39, 0.29) is 5.91 Å². The van der Waals surface area contributed by atoms with Crippen LogP contribution in [0, 0.1) is 13.8 Å². The molecule has 0 aliphatic heterocycles. The van der Waals surface area contributed by atoms with Crippen LogP contribution in [0.25, 0.3) is 0 Å². The lowest BCUT2D eigenvalue weighted by atomic mass is 10.1. The molecule has 0 aliphatic rings. The summed E-state index contributed by atoms with van der Waals surface area (Å²) in [7, 11) is 0. The van der Waals surface area contributed by atoms with Gasteiger partial charge in [0, 0.05) is 12.2 Å². The Labute approximate surface area is 119 Å². The minimum atomic E-state index is -0.0267. The first kappa shape index (κ1) is 14.3. The van der Waals surface area contributed by atoms with Gasteiger partial charge < -0.3 is 5.32 Å². The second kappa shape index (κ2) is 6.37. The third kappa shape index (κ3) is 3.07. The van der Waals surface area contributed by atoms with Crippen LogP contribution >= 0.6 is 0 Å². The van der Waals surface area contributed by atoms with Crippen molar-refractivity contribution in [1.29, 1.82) is 0 Å². The second-order valence-corrected chi connectivity index (χ2v) is 4.94. The zero-order valence-electron chi connectivity index (χ0n) is 12.3. The first-order chi connectivity index (χ1) is 9.63. The molecule has 1 N–H and O–H groups in total. The molecule has 4 heteroatoms. The molecule has 0 bridgehead atoms. The molecular weight excluding hydrogens is 250 g/mol. The molecule has 4 nitrogen and oxygen atoms in total. The lowest BCUT2D eigenvalue weighted by molar-refractivity contribution is 0.0952. The third-order valence-corrected chi connectivity index (χ3v) is 3.32. The molecule has 106 valence electrons. The number of hydrogen-bond donors (Lipinski definition) is 1. The smallest absolute Gasteiger partial charge is 0.255 e. The molecule has 0 saturated heterocycles. The first-order valence-electron chi connectivity index (χ1n) is 6.99. The summed E-state index contributed by atoms with van der Waals surface area (Å²) in [6.07, 6.45) is 0.933. The first-order valence-corrected chi connectivity index (χ1v) is 6.99. The van der Waals surface area contributed by atoms with Crippen LogP contribution in [0.2, 0.25) is 0 Å². The number of carbonyl (C=O) groups is 1. The molecule has 0 atom stereocenters. The Balaban J connectivity index is 2.22. The van der Waals surface area contributed by atoms with Crippen LogP contribution < -0.4 is 5.32 Å². The summed E-state index contributed by atoms with van der Waals surface area (Å²) < 4.78 is 1.89. The van der Waals surface area contributed by atoms with E-state index in [0.717, 1.165) is 17.8 Å². The Morgan fingerprint density at radius 2 is 1.95 bits per heavy atom. The Hall–Kier alpha value is -2.10. The lowest BCUT2D eigenvalue weighted by Gasteiger charge is -2.06. The molecule has 2 rings (SSSR count). The van der Waals surface area contributed by atoms with E-state index in [1.807, 2.05) is 43.7 Å². The van der Waals surface area contributed by atoms with Gasteiger partial charge in [0.2, 0.25) is 0 Å². The monoisotopic (exact) mass is 271 g/mol. The molecule has 0 saturated carbocycles. The van der Waals surface area contributed by atoms with Gasteiger partial charge in [-0.15, -0.1) is 0 Å². The second-order valence-electron chi connectivity index (χ2n) is 4.94. The van der Waals surface area contributed by atoms with Gasteiger partial charge in [0.25, 0.3) is 5.91 Å². The van der Waals surface area contributed by atoms with Crippen molar-refractivity contribution in [3.63, 3.8) is 0 Å². The highest BCUT2D eigenvalue weighted by molar-refractivity contribution is 5.96. The van der Waals surface area contributed by atoms with Crippen LogP contribution in [0.5, 0.6) is 0 Å². The third-order valence-electron chi connectivity index (χ3n) is 3.32. The summed E-state index contributed by atoms with van der Waals surface area (Å²) >= 11 is 0. The molecule has 1 aromatic carbocycles. The summed E-state index contributed by atoms with van der Waals surface area (Å²) in [5, 5.41) is 7.41. The molecular formula is C16H21N3O. The molecule has 0 radical (unpaired) electrons. The largest absolute Gasteiger partial charge is 0.352 e. The standard InChI is InChI=1S/C16H21N3O/c1-4-10-17-16(20)15-12(2)18-19(13(15)3)11-14-8-6-5-7-9-14/h5-9H,4,10-11H2,1-3H3,(H,17,20). The highest BCUT2D eigenvalue weighted by atomic mass is 16.1. The van der Waals surface area contributed by atoms with Crippen LogP contribution in [-0.2, 0) is 6.54 Å². The van der Waals surface area contributed by atoms with Crippen molar-refractivity contribution in [2.24, 2.45) is 0 Å². The van der Waals surface area contributed by atoms with E-state index >= 15 is 0 Å². The highest BCUT2D eigenvalue weighted by Crippen LogP contribution is 2.14. The van der Waals surface area contributed by atoms with E-state index < -0.39 is 0 Å². The average molecular weight is 271 g/mol. The minimum absolute atomic E-state index is 0.0267. The molecule has 0 unspecified atom stereocenters. The molecule has 20 heavy (non-hydrogen) atoms. The predicted molar refractivity (Wildman–Crippen MR) is 79.9 cm³/mol. The Morgan fingerprint density at radius 1 is 1.25 bits per heavy atom. The number of aryl methyl sites for hydroxylation is 1. The minimum Gasteiger partial charge on any atom is -0.352 e. The number of rotatable bonds is 5. The van der Waals surface area contributed by atoms with Gasteiger partial charge in [-0.25, -0.2) is 0 Å². The van der Waals surface area contributed by atoms with E-state index in [9.17, 15) is 4.79 Å². The van der Waals surface area contributed by atoms with Gasteiger partial charge in [-0.05, 0) is 25.8 Å². The van der Waals surface area contributed by atoms with Crippen molar-refractivity contribution in [2.45, 2.75) is 33.7 Å². The van der Waals surface area contributed by atoms with Crippen molar-refractivity contribution >= 4 is 5.91 Å². The summed E-state index contributed by atoms with van der Waals surface area (Å²) in [6, 6.07) is 10.1. The van der Waals surface area contributed by atoms with E-state index in [4.69, 9.17) is 0 Å². The van der Waals surface area contributed by atoms with Gasteiger partial charge >= 0.3 is 0 Å². The van der Waals surface area contributed by atoms with Crippen LogP contribution in [0.4, 0.5) is 0 Å². The molecule has 1 amide bonds. The fourth-order valence-electron chi connectivity index (χ4n) is 2.26. The maximum absolute atomic E-state index is 12.1. The zero-order valence-corrected chi connectivity index (χ0v) is 12.3. The number of carbonyl (C=O) groups excluding carboxylic acids is 1. The number of hydrogen-bond acceptors (Lipinski definition) is 2. The summed E-state index contributed by atoms with van der Waals surface area (Å²) in [6.45, 7) is 7.26. The van der Waals surface area contributed by atoms with Gasteiger partial charge in [-0.3, -0.25) is 9.48 Å². The number of amides is 1. The number of nitrogens with one attached hydrogen (secondary N) is 1. The molecule has 2 aromatic rings. The topological polar surface area (TPSA) is 46.9 Å². The normalized spacial score (nSPS) is 10.6. The molecule has 0 spiro atoms. The maximum Gasteiger partial charge on any atom is 0.255 e. The Kier molecular flexibility index (Phi) is 4.56. The number of aromatic nitrogens is 2. The van der Waals surface area contributed by atoms with Crippen molar-refractivity contribution in [3.05, 3.63) is 52.8 Å². The average Bonchev–Trinajstić information content (AvgIpc) is 2.72. The number of benzene rings is 1. The van der Waals surface area contributed by atoms with E-state index in [0.29, 0.717) is 18.7 Å². The molecule has 0 fully saturated rings. The zero-order chi connectivity index (χ0) is 14.5. The molecule has 0 aliphatic carbocycles. The van der Waals surface area contributed by atoms with E-state index in [1.54, 1.807) is 0 Å². The van der Waals surface area contributed by atoms with E-state index in [2.05, 4.69) is 22.5 Å². The van der Waals surface area contributed by atoms with Crippen LogP contribution in [0.15, 0.2) is 30.3 Å². The lowest BCUT2D eigenvalue weighted by Crippen LogP contribution is -2.25. The van der Waals surface area contributed by atoms with Crippen molar-refractivity contribution < 1.29 is 4.79 Å². The SMILES string of the molecule is CCCNC(=O)c1c(C)nn(Cc2ccccc2)c1C. The Bertz CT molecular complexity index is 587. The van der Waals surface area contributed by atoms with Gasteiger partial charge in [-0.1, -0.05) is 37.3 Å². The molecule has 1 heterocycles. The van der Waals surface area contributed by atoms with Gasteiger partial charge in [0.05, 0.1) is 17.8 Å². The van der Waals surface area contributed by atoms with Crippen molar-refractivity contribution in [3.8, 4) is 0 Å². The quantitative estimate of drug-likeness (QED) is 0.909. The fourth-order valence-corrected chi connectivity index (χ4v) is 2.26. The van der Waals surface area contributed by atoms with Crippen LogP contribution in [0.3, 0.4) is 0 Å². The van der Waals surface area contributed by atoms with Crippen LogP contribution in [0.1, 0.15) is 40.7 Å².